The molecule has 0 amide bonds. The Morgan fingerprint density at radius 1 is 1.36 bits per heavy atom. The van der Waals surface area contributed by atoms with Crippen molar-refractivity contribution in [2.75, 3.05) is 6.61 Å². The second-order valence-corrected chi connectivity index (χ2v) is 4.49. The van der Waals surface area contributed by atoms with Crippen molar-refractivity contribution in [3.63, 3.8) is 0 Å². The summed E-state index contributed by atoms with van der Waals surface area (Å²) in [6.45, 7) is 1.52. The third kappa shape index (κ3) is 2.31. The van der Waals surface area contributed by atoms with Crippen LogP contribution in [0.15, 0.2) is 29.2 Å². The van der Waals surface area contributed by atoms with Crippen LogP contribution in [0.2, 0.25) is 0 Å². The molecule has 0 radical (unpaired) electrons. The van der Waals surface area contributed by atoms with Gasteiger partial charge in [-0.05, 0) is 11.6 Å². The maximum Gasteiger partial charge on any atom is 0.294 e. The van der Waals surface area contributed by atoms with E-state index < -0.39 is 10.1 Å². The Morgan fingerprint density at radius 2 is 1.93 bits per heavy atom. The molecule has 2 N–H and O–H groups in total. The summed E-state index contributed by atoms with van der Waals surface area (Å²) in [6, 6.07) is 6.08. The third-order valence-corrected chi connectivity index (χ3v) is 2.93. The molecule has 1 unspecified atom stereocenters. The summed E-state index contributed by atoms with van der Waals surface area (Å²) in [5.41, 5.74) is 0.428. The Bertz CT molecular complexity index is 411. The average Bonchev–Trinajstić information content (AvgIpc) is 2.15. The Labute approximate surface area is 82.9 Å². The Balaban J connectivity index is 3.30. The van der Waals surface area contributed by atoms with Crippen LogP contribution in [0.1, 0.15) is 18.4 Å². The maximum absolute atomic E-state index is 10.9. The van der Waals surface area contributed by atoms with Crippen LogP contribution < -0.4 is 0 Å². The van der Waals surface area contributed by atoms with Crippen molar-refractivity contribution in [2.24, 2.45) is 0 Å². The van der Waals surface area contributed by atoms with Gasteiger partial charge in [-0.15, -0.1) is 0 Å². The minimum Gasteiger partial charge on any atom is -0.396 e. The fourth-order valence-corrected chi connectivity index (χ4v) is 2.04. The molecule has 1 atom stereocenters. The third-order valence-electron chi connectivity index (χ3n) is 2.00. The highest BCUT2D eigenvalue weighted by Gasteiger charge is 2.17. The minimum absolute atomic E-state index is 0.137. The summed E-state index contributed by atoms with van der Waals surface area (Å²) in [5.74, 6) is -0.312. The molecule has 5 heteroatoms. The van der Waals surface area contributed by atoms with Crippen molar-refractivity contribution in [3.05, 3.63) is 29.8 Å². The smallest absolute Gasteiger partial charge is 0.294 e. The van der Waals surface area contributed by atoms with Gasteiger partial charge in [0.05, 0.1) is 4.90 Å². The molecule has 1 rings (SSSR count). The van der Waals surface area contributed by atoms with Crippen LogP contribution in [0.5, 0.6) is 0 Å². The number of rotatable bonds is 3. The van der Waals surface area contributed by atoms with E-state index in [1.165, 1.54) is 12.1 Å². The summed E-state index contributed by atoms with van der Waals surface area (Å²) in [7, 11) is -4.20. The Morgan fingerprint density at radius 3 is 2.43 bits per heavy atom. The van der Waals surface area contributed by atoms with Crippen molar-refractivity contribution >= 4 is 10.1 Å². The normalized spacial score (nSPS) is 13.9. The van der Waals surface area contributed by atoms with Gasteiger partial charge in [-0.3, -0.25) is 4.55 Å². The first kappa shape index (κ1) is 11.2. The Kier molecular flexibility index (Phi) is 3.25. The van der Waals surface area contributed by atoms with E-state index in [9.17, 15) is 8.42 Å². The van der Waals surface area contributed by atoms with Crippen molar-refractivity contribution in [2.45, 2.75) is 17.7 Å². The zero-order valence-electron chi connectivity index (χ0n) is 7.71. The number of aliphatic hydroxyl groups excluding tert-OH is 1. The summed E-state index contributed by atoms with van der Waals surface area (Å²) in [4.78, 5) is -0.137. The topological polar surface area (TPSA) is 74.6 Å². The van der Waals surface area contributed by atoms with Crippen LogP contribution >= 0.6 is 0 Å². The van der Waals surface area contributed by atoms with Gasteiger partial charge >= 0.3 is 0 Å². The van der Waals surface area contributed by atoms with E-state index in [1.54, 1.807) is 19.1 Å². The van der Waals surface area contributed by atoms with Crippen LogP contribution in [0.4, 0.5) is 0 Å². The van der Waals surface area contributed by atoms with Gasteiger partial charge in [0.1, 0.15) is 0 Å². The molecule has 0 aliphatic carbocycles. The highest BCUT2D eigenvalue weighted by atomic mass is 32.2. The largest absolute Gasteiger partial charge is 0.396 e. The van der Waals surface area contributed by atoms with Crippen LogP contribution in [-0.4, -0.2) is 24.7 Å². The first-order chi connectivity index (χ1) is 6.46. The predicted octanol–water partition coefficient (Wildman–Crippen LogP) is 1.03. The summed E-state index contributed by atoms with van der Waals surface area (Å²) < 4.78 is 30.8. The van der Waals surface area contributed by atoms with Crippen LogP contribution in [-0.2, 0) is 10.1 Å². The summed E-state index contributed by atoms with van der Waals surface area (Å²) in [5, 5.41) is 8.90. The first-order valence-corrected chi connectivity index (χ1v) is 5.58. The monoisotopic (exact) mass is 216 g/mol. The molecule has 0 fully saturated rings. The number of hydrogen-bond donors (Lipinski definition) is 2. The minimum atomic E-state index is -4.20. The first-order valence-electron chi connectivity index (χ1n) is 4.14. The van der Waals surface area contributed by atoms with E-state index >= 15 is 0 Å². The van der Waals surface area contributed by atoms with Gasteiger partial charge in [-0.2, -0.15) is 8.42 Å². The van der Waals surface area contributed by atoms with E-state index in [-0.39, 0.29) is 17.4 Å². The molecule has 1 aromatic rings. The molecule has 0 aliphatic heterocycles. The van der Waals surface area contributed by atoms with Crippen molar-refractivity contribution in [3.8, 4) is 0 Å². The molecule has 1 aromatic carbocycles. The van der Waals surface area contributed by atoms with Crippen molar-refractivity contribution in [1.82, 2.24) is 0 Å². The van der Waals surface area contributed by atoms with Gasteiger partial charge in [0, 0.05) is 12.5 Å². The molecule has 78 valence electrons. The predicted molar refractivity (Wildman–Crippen MR) is 51.8 cm³/mol. The lowest BCUT2D eigenvalue weighted by atomic mass is 10.0. The van der Waals surface area contributed by atoms with E-state index in [2.05, 4.69) is 0 Å². The molecule has 0 aromatic heterocycles. The summed E-state index contributed by atoms with van der Waals surface area (Å²) >= 11 is 0. The molecule has 0 saturated heterocycles. The van der Waals surface area contributed by atoms with Gasteiger partial charge in [0.2, 0.25) is 0 Å². The number of hydrogen-bond acceptors (Lipinski definition) is 3. The zero-order chi connectivity index (χ0) is 10.8. The summed E-state index contributed by atoms with van der Waals surface area (Å²) in [6.07, 6.45) is 0. The van der Waals surface area contributed by atoms with E-state index in [4.69, 9.17) is 9.66 Å². The second kappa shape index (κ2) is 4.08. The van der Waals surface area contributed by atoms with Crippen molar-refractivity contribution in [1.29, 1.82) is 0 Å². The van der Waals surface area contributed by atoms with Gasteiger partial charge in [-0.25, -0.2) is 0 Å². The van der Waals surface area contributed by atoms with Crippen LogP contribution in [0.3, 0.4) is 0 Å². The van der Waals surface area contributed by atoms with E-state index in [1.807, 2.05) is 0 Å². The van der Waals surface area contributed by atoms with Crippen molar-refractivity contribution < 1.29 is 18.1 Å². The van der Waals surface area contributed by atoms with E-state index in [0.29, 0.717) is 5.56 Å². The number of aliphatic hydroxyl groups is 1. The molecule has 14 heavy (non-hydrogen) atoms. The van der Waals surface area contributed by atoms with Gasteiger partial charge in [0.25, 0.3) is 10.1 Å². The highest BCUT2D eigenvalue weighted by molar-refractivity contribution is 7.85. The van der Waals surface area contributed by atoms with Gasteiger partial charge in [-0.1, -0.05) is 25.1 Å². The lowest BCUT2D eigenvalue weighted by Gasteiger charge is -2.11. The molecular weight excluding hydrogens is 204 g/mol. The SMILES string of the molecule is CC(CO)c1ccccc1S(=O)(=O)O. The fourth-order valence-electron chi connectivity index (χ4n) is 1.22. The molecule has 0 heterocycles. The maximum atomic E-state index is 10.9. The molecule has 0 aliphatic rings. The van der Waals surface area contributed by atoms with Crippen LogP contribution in [0, 0.1) is 0 Å². The van der Waals surface area contributed by atoms with E-state index in [0.717, 1.165) is 0 Å². The lowest BCUT2D eigenvalue weighted by molar-refractivity contribution is 0.271. The molecule has 4 nitrogen and oxygen atoms in total. The molecular formula is C9H12O4S. The molecule has 0 bridgehead atoms. The van der Waals surface area contributed by atoms with Gasteiger partial charge < -0.3 is 5.11 Å². The number of benzene rings is 1. The quantitative estimate of drug-likeness (QED) is 0.740. The molecule has 0 saturated carbocycles. The van der Waals surface area contributed by atoms with Gasteiger partial charge in [0.15, 0.2) is 0 Å². The van der Waals surface area contributed by atoms with Crippen LogP contribution in [0.25, 0.3) is 0 Å². The Hall–Kier alpha value is -0.910. The second-order valence-electron chi connectivity index (χ2n) is 3.10. The highest BCUT2D eigenvalue weighted by Crippen LogP contribution is 2.22. The fraction of sp³-hybridized carbons (Fsp3) is 0.333. The molecule has 0 spiro atoms. The average molecular weight is 216 g/mol. The standard InChI is InChI=1S/C9H12O4S/c1-7(6-10)8-4-2-3-5-9(8)14(11,12)13/h2-5,7,10H,6H2,1H3,(H,11,12,13). The zero-order valence-corrected chi connectivity index (χ0v) is 8.53. The lowest BCUT2D eigenvalue weighted by Crippen LogP contribution is -2.07.